The second kappa shape index (κ2) is 5.08. The average molecular weight is 338 g/mol. The molecule has 0 saturated heterocycles. The van der Waals surface area contributed by atoms with Gasteiger partial charge in [0, 0.05) is 6.54 Å². The van der Waals surface area contributed by atoms with Gasteiger partial charge in [-0.2, -0.15) is 0 Å². The highest BCUT2D eigenvalue weighted by molar-refractivity contribution is 7.93. The maximum atomic E-state index is 12.8. The molecular weight excluding hydrogens is 324 g/mol. The zero-order valence-corrected chi connectivity index (χ0v) is 13.1. The van der Waals surface area contributed by atoms with E-state index in [0.29, 0.717) is 18.7 Å². The molecule has 2 aromatic carbocycles. The summed E-state index contributed by atoms with van der Waals surface area (Å²) in [6, 6.07) is 12.3. The number of anilines is 1. The molecule has 0 unspecified atom stereocenters. The molecule has 0 amide bonds. The monoisotopic (exact) mass is 338 g/mol. The number of fused-ring (bicyclic) bond motifs is 1. The molecule has 0 atom stereocenters. The zero-order chi connectivity index (χ0) is 16.0. The Morgan fingerprint density at radius 3 is 2.32 bits per heavy atom. The van der Waals surface area contributed by atoms with Crippen LogP contribution in [0.3, 0.4) is 0 Å². The lowest BCUT2D eigenvalue weighted by molar-refractivity contribution is 0.591. The fourth-order valence-corrected chi connectivity index (χ4v) is 4.68. The molecule has 1 aliphatic heterocycles. The molecule has 1 heterocycles. The van der Waals surface area contributed by atoms with Crippen molar-refractivity contribution in [2.75, 3.05) is 10.8 Å². The number of sulfonamides is 2. The second-order valence-corrected chi connectivity index (χ2v) is 8.40. The van der Waals surface area contributed by atoms with Crippen LogP contribution in [0.2, 0.25) is 0 Å². The number of nitrogens with zero attached hydrogens (tertiary/aromatic N) is 1. The molecule has 3 rings (SSSR count). The highest BCUT2D eigenvalue weighted by Gasteiger charge is 2.31. The van der Waals surface area contributed by atoms with Crippen LogP contribution in [0.25, 0.3) is 0 Å². The van der Waals surface area contributed by atoms with E-state index in [4.69, 9.17) is 5.14 Å². The minimum atomic E-state index is -3.95. The highest BCUT2D eigenvalue weighted by Crippen LogP contribution is 2.32. The van der Waals surface area contributed by atoms with Crippen LogP contribution in [0.5, 0.6) is 0 Å². The van der Waals surface area contributed by atoms with E-state index in [2.05, 4.69) is 0 Å². The summed E-state index contributed by atoms with van der Waals surface area (Å²) in [5.74, 6) is 0. The van der Waals surface area contributed by atoms with Crippen LogP contribution in [-0.2, 0) is 26.5 Å². The van der Waals surface area contributed by atoms with Gasteiger partial charge in [-0.25, -0.2) is 22.0 Å². The molecule has 8 heteroatoms. The van der Waals surface area contributed by atoms with Crippen LogP contribution in [-0.4, -0.2) is 23.4 Å². The number of nitrogens with two attached hydrogens (primary N) is 1. The van der Waals surface area contributed by atoms with Gasteiger partial charge in [-0.3, -0.25) is 4.31 Å². The van der Waals surface area contributed by atoms with Gasteiger partial charge in [-0.15, -0.1) is 0 Å². The Morgan fingerprint density at radius 2 is 1.59 bits per heavy atom. The van der Waals surface area contributed by atoms with E-state index >= 15 is 0 Å². The van der Waals surface area contributed by atoms with E-state index in [-0.39, 0.29) is 9.79 Å². The summed E-state index contributed by atoms with van der Waals surface area (Å²) in [7, 11) is -7.77. The number of para-hydroxylation sites is 1. The minimum Gasteiger partial charge on any atom is -0.266 e. The molecule has 0 spiro atoms. The van der Waals surface area contributed by atoms with Gasteiger partial charge < -0.3 is 0 Å². The van der Waals surface area contributed by atoms with Crippen LogP contribution in [0.4, 0.5) is 5.69 Å². The predicted molar refractivity (Wildman–Crippen MR) is 82.5 cm³/mol. The molecular formula is C14H14N2O4S2. The van der Waals surface area contributed by atoms with Crippen molar-refractivity contribution in [2.45, 2.75) is 16.2 Å². The molecule has 1 aliphatic rings. The summed E-state index contributed by atoms with van der Waals surface area (Å²) >= 11 is 0. The van der Waals surface area contributed by atoms with Crippen molar-refractivity contribution in [2.24, 2.45) is 5.14 Å². The quantitative estimate of drug-likeness (QED) is 0.905. The molecule has 2 N–H and O–H groups in total. The van der Waals surface area contributed by atoms with Crippen LogP contribution >= 0.6 is 0 Å². The van der Waals surface area contributed by atoms with Crippen LogP contribution in [0.1, 0.15) is 5.56 Å². The van der Waals surface area contributed by atoms with E-state index in [1.54, 1.807) is 12.1 Å². The zero-order valence-electron chi connectivity index (χ0n) is 11.5. The normalized spacial score (nSPS) is 14.9. The third-order valence-electron chi connectivity index (χ3n) is 3.57. The summed E-state index contributed by atoms with van der Waals surface area (Å²) in [4.78, 5) is -0.309. The molecule has 6 nitrogen and oxygen atoms in total. The number of rotatable bonds is 3. The summed E-state index contributed by atoms with van der Waals surface area (Å²) < 4.78 is 49.6. The third kappa shape index (κ3) is 2.49. The molecule has 0 fully saturated rings. The van der Waals surface area contributed by atoms with Crippen molar-refractivity contribution < 1.29 is 16.8 Å². The lowest BCUT2D eigenvalue weighted by atomic mass is 10.2. The summed E-state index contributed by atoms with van der Waals surface area (Å²) in [6.45, 7) is 0.335. The van der Waals surface area contributed by atoms with E-state index < -0.39 is 20.0 Å². The fraction of sp³-hybridized carbons (Fsp3) is 0.143. The van der Waals surface area contributed by atoms with Gasteiger partial charge in [0.25, 0.3) is 10.0 Å². The van der Waals surface area contributed by atoms with Gasteiger partial charge >= 0.3 is 0 Å². The smallest absolute Gasteiger partial charge is 0.264 e. The Labute approximate surface area is 129 Å². The van der Waals surface area contributed by atoms with Crippen molar-refractivity contribution in [3.05, 3.63) is 54.1 Å². The summed E-state index contributed by atoms with van der Waals surface area (Å²) in [5, 5.41) is 5.06. The largest absolute Gasteiger partial charge is 0.266 e. The minimum absolute atomic E-state index is 0.0873. The van der Waals surface area contributed by atoms with Gasteiger partial charge in [0.15, 0.2) is 0 Å². The Hall–Kier alpha value is -1.90. The first kappa shape index (κ1) is 15.0. The van der Waals surface area contributed by atoms with Gasteiger partial charge in [0.05, 0.1) is 15.5 Å². The molecule has 2 aromatic rings. The van der Waals surface area contributed by atoms with Gasteiger partial charge in [0.2, 0.25) is 10.0 Å². The lowest BCUT2D eigenvalue weighted by Gasteiger charge is -2.19. The van der Waals surface area contributed by atoms with Crippen LogP contribution < -0.4 is 9.44 Å². The number of primary sulfonamides is 1. The number of benzene rings is 2. The molecule has 116 valence electrons. The Kier molecular flexibility index (Phi) is 3.47. The topological polar surface area (TPSA) is 97.5 Å². The molecule has 0 radical (unpaired) electrons. The Bertz CT molecular complexity index is 937. The molecule has 22 heavy (non-hydrogen) atoms. The maximum Gasteiger partial charge on any atom is 0.264 e. The first-order valence-electron chi connectivity index (χ1n) is 6.54. The third-order valence-corrected chi connectivity index (χ3v) is 6.29. The number of hydrogen-bond acceptors (Lipinski definition) is 4. The van der Waals surface area contributed by atoms with Gasteiger partial charge in [-0.05, 0) is 36.2 Å². The average Bonchev–Trinajstić information content (AvgIpc) is 2.91. The van der Waals surface area contributed by atoms with E-state index in [0.717, 1.165) is 11.6 Å². The number of hydrogen-bond donors (Lipinski definition) is 1. The highest BCUT2D eigenvalue weighted by atomic mass is 32.2. The van der Waals surface area contributed by atoms with Crippen LogP contribution in [0, 0.1) is 0 Å². The maximum absolute atomic E-state index is 12.8. The van der Waals surface area contributed by atoms with Crippen molar-refractivity contribution >= 4 is 25.7 Å². The van der Waals surface area contributed by atoms with E-state index in [1.807, 2.05) is 12.1 Å². The predicted octanol–water partition coefficient (Wildman–Crippen LogP) is 1.09. The fourth-order valence-electron chi connectivity index (χ4n) is 2.50. The first-order valence-corrected chi connectivity index (χ1v) is 9.52. The summed E-state index contributed by atoms with van der Waals surface area (Å²) in [6.07, 6.45) is 0.629. The first-order chi connectivity index (χ1) is 10.3. The second-order valence-electron chi connectivity index (χ2n) is 4.98. The summed E-state index contributed by atoms with van der Waals surface area (Å²) in [5.41, 5.74) is 1.58. The van der Waals surface area contributed by atoms with Gasteiger partial charge in [0.1, 0.15) is 0 Å². The Balaban J connectivity index is 2.09. The van der Waals surface area contributed by atoms with E-state index in [9.17, 15) is 16.8 Å². The van der Waals surface area contributed by atoms with Crippen molar-refractivity contribution in [1.82, 2.24) is 0 Å². The molecule has 0 aromatic heterocycles. The standard InChI is InChI=1S/C14H14N2O4S2/c15-21(17,18)12-5-3-6-13(10-12)22(19,20)16-9-8-11-4-1-2-7-14(11)16/h1-7,10H,8-9H2,(H2,15,17,18). The van der Waals surface area contributed by atoms with Gasteiger partial charge in [-0.1, -0.05) is 24.3 Å². The molecule has 0 saturated carbocycles. The lowest BCUT2D eigenvalue weighted by Crippen LogP contribution is -2.29. The van der Waals surface area contributed by atoms with Crippen molar-refractivity contribution in [1.29, 1.82) is 0 Å². The van der Waals surface area contributed by atoms with Crippen LogP contribution in [0.15, 0.2) is 58.3 Å². The SMILES string of the molecule is NS(=O)(=O)c1cccc(S(=O)(=O)N2CCc3ccccc32)c1. The van der Waals surface area contributed by atoms with Crippen molar-refractivity contribution in [3.8, 4) is 0 Å². The molecule has 0 aliphatic carbocycles. The van der Waals surface area contributed by atoms with Crippen molar-refractivity contribution in [3.63, 3.8) is 0 Å². The Morgan fingerprint density at radius 1 is 0.909 bits per heavy atom. The van der Waals surface area contributed by atoms with E-state index in [1.165, 1.54) is 22.5 Å². The molecule has 0 bridgehead atoms.